The van der Waals surface area contributed by atoms with E-state index in [0.29, 0.717) is 18.9 Å². The summed E-state index contributed by atoms with van der Waals surface area (Å²) >= 11 is 0. The van der Waals surface area contributed by atoms with Gasteiger partial charge in [-0.1, -0.05) is 46.8 Å². The van der Waals surface area contributed by atoms with Crippen LogP contribution in [0.4, 0.5) is 0 Å². The smallest absolute Gasteiger partial charge is 0.240 e. The molecule has 5 rings (SSSR count). The van der Waals surface area contributed by atoms with Crippen molar-refractivity contribution < 1.29 is 17.6 Å². The van der Waals surface area contributed by atoms with Crippen molar-refractivity contribution in [1.82, 2.24) is 9.29 Å². The molecule has 1 aromatic heterocycles. The Balaban J connectivity index is 1.48. The summed E-state index contributed by atoms with van der Waals surface area (Å²) in [6, 6.07) is 12.8. The highest BCUT2D eigenvalue weighted by Gasteiger charge is 2.72. The second-order valence-corrected chi connectivity index (χ2v) is 18.6. The topological polar surface area (TPSA) is 76.6 Å². The summed E-state index contributed by atoms with van der Waals surface area (Å²) in [5.74, 6) is 0.114. The first-order chi connectivity index (χ1) is 17.0. The lowest BCUT2D eigenvalue weighted by Crippen LogP contribution is -2.41. The quantitative estimate of drug-likeness (QED) is 0.390. The number of carbonyl (C=O) groups is 1. The molecule has 0 radical (unpaired) electrons. The molecule has 6 nitrogen and oxygen atoms in total. The third-order valence-electron chi connectivity index (χ3n) is 10.4. The van der Waals surface area contributed by atoms with E-state index in [1.54, 1.807) is 6.20 Å². The molecule has 2 bridgehead atoms. The van der Waals surface area contributed by atoms with Crippen molar-refractivity contribution in [3.05, 3.63) is 42.1 Å². The third kappa shape index (κ3) is 3.69. The van der Waals surface area contributed by atoms with Gasteiger partial charge in [-0.05, 0) is 72.5 Å². The van der Waals surface area contributed by atoms with Gasteiger partial charge in [-0.25, -0.2) is 12.7 Å². The number of nitrogens with zero attached hydrogens (tertiary/aromatic N) is 2. The van der Waals surface area contributed by atoms with Crippen molar-refractivity contribution in [3.63, 3.8) is 0 Å². The predicted molar refractivity (Wildman–Crippen MR) is 145 cm³/mol. The minimum Gasteiger partial charge on any atom is -0.409 e. The number of sulfonamides is 1. The summed E-state index contributed by atoms with van der Waals surface area (Å²) < 4.78 is 35.5. The average Bonchev–Trinajstić information content (AvgIpc) is 3.38. The third-order valence-corrected chi connectivity index (χ3v) is 17.4. The van der Waals surface area contributed by atoms with Gasteiger partial charge in [0.2, 0.25) is 15.9 Å². The molecule has 1 saturated heterocycles. The summed E-state index contributed by atoms with van der Waals surface area (Å²) in [5.41, 5.74) is 1.44. The molecular weight excluding hydrogens is 488 g/mol. The molecule has 0 N–H and O–H groups in total. The molecule has 2 saturated carbocycles. The number of rotatable bonds is 8. The van der Waals surface area contributed by atoms with E-state index in [2.05, 4.69) is 45.7 Å². The minimum atomic E-state index is -3.67. The highest BCUT2D eigenvalue weighted by atomic mass is 32.2. The molecule has 2 unspecified atom stereocenters. The van der Waals surface area contributed by atoms with Crippen LogP contribution in [0.1, 0.15) is 72.0 Å². The van der Waals surface area contributed by atoms with Crippen LogP contribution in [-0.4, -0.2) is 43.7 Å². The number of hydrogen-bond acceptors (Lipinski definition) is 5. The van der Waals surface area contributed by atoms with Crippen LogP contribution in [-0.2, 0) is 19.2 Å². The summed E-state index contributed by atoms with van der Waals surface area (Å²) in [6.45, 7) is 11.3. The molecule has 4 atom stereocenters. The first-order valence-electron chi connectivity index (χ1n) is 13.6. The fourth-order valence-electron chi connectivity index (χ4n) is 7.60. The van der Waals surface area contributed by atoms with Gasteiger partial charge in [0.1, 0.15) is 0 Å². The first kappa shape index (κ1) is 25.9. The zero-order valence-electron chi connectivity index (χ0n) is 22.3. The van der Waals surface area contributed by atoms with E-state index in [4.69, 9.17) is 4.43 Å². The van der Waals surface area contributed by atoms with Gasteiger partial charge in [0.25, 0.3) is 0 Å². The minimum absolute atomic E-state index is 0.0480. The number of pyridine rings is 1. The van der Waals surface area contributed by atoms with Crippen molar-refractivity contribution in [2.24, 2.45) is 16.7 Å². The van der Waals surface area contributed by atoms with E-state index in [-0.39, 0.29) is 23.2 Å². The fourth-order valence-corrected chi connectivity index (χ4v) is 13.0. The lowest BCUT2D eigenvalue weighted by Gasteiger charge is -2.36. The van der Waals surface area contributed by atoms with Crippen molar-refractivity contribution in [2.75, 3.05) is 6.54 Å². The van der Waals surface area contributed by atoms with Crippen LogP contribution >= 0.6 is 0 Å². The normalized spacial score (nSPS) is 29.0. The van der Waals surface area contributed by atoms with Crippen molar-refractivity contribution in [2.45, 2.75) is 89.8 Å². The molecule has 1 amide bonds. The van der Waals surface area contributed by atoms with Crippen LogP contribution in [0.15, 0.2) is 36.5 Å². The van der Waals surface area contributed by atoms with Crippen molar-refractivity contribution >= 4 is 35.2 Å². The number of aromatic nitrogens is 1. The van der Waals surface area contributed by atoms with Crippen LogP contribution in [0.2, 0.25) is 18.1 Å². The van der Waals surface area contributed by atoms with Gasteiger partial charge in [-0.15, -0.1) is 0 Å². The molecule has 36 heavy (non-hydrogen) atoms. The van der Waals surface area contributed by atoms with Crippen molar-refractivity contribution in [3.8, 4) is 0 Å². The van der Waals surface area contributed by atoms with E-state index in [1.807, 2.05) is 24.3 Å². The second-order valence-electron chi connectivity index (χ2n) is 11.8. The maximum atomic E-state index is 13.8. The lowest BCUT2D eigenvalue weighted by atomic mass is 9.69. The Hall–Kier alpha value is -1.77. The van der Waals surface area contributed by atoms with Gasteiger partial charge in [0, 0.05) is 23.5 Å². The largest absolute Gasteiger partial charge is 0.409 e. The Kier molecular flexibility index (Phi) is 6.40. The molecule has 2 aliphatic carbocycles. The maximum absolute atomic E-state index is 13.8. The summed E-state index contributed by atoms with van der Waals surface area (Å²) in [6.07, 6.45) is 4.00. The fraction of sp³-hybridized carbons (Fsp3) is 0.643. The Bertz CT molecular complexity index is 1270. The Labute approximate surface area is 217 Å². The van der Waals surface area contributed by atoms with Crippen LogP contribution in [0.25, 0.3) is 10.9 Å². The molecule has 1 aliphatic heterocycles. The van der Waals surface area contributed by atoms with Crippen molar-refractivity contribution in [1.29, 1.82) is 0 Å². The van der Waals surface area contributed by atoms with Gasteiger partial charge in [-0.2, -0.15) is 0 Å². The van der Waals surface area contributed by atoms with Crippen LogP contribution in [0, 0.1) is 16.7 Å². The molecule has 2 heterocycles. The Morgan fingerprint density at radius 2 is 1.92 bits per heavy atom. The van der Waals surface area contributed by atoms with E-state index < -0.39 is 29.7 Å². The number of fused-ring (bicyclic) bond motifs is 2. The molecular formula is C28H40N2O4SSi. The zero-order valence-corrected chi connectivity index (χ0v) is 24.1. The molecule has 3 fully saturated rings. The highest BCUT2D eigenvalue weighted by Crippen LogP contribution is 2.70. The van der Waals surface area contributed by atoms with Crippen LogP contribution in [0.5, 0.6) is 0 Å². The Morgan fingerprint density at radius 1 is 1.19 bits per heavy atom. The van der Waals surface area contributed by atoms with Crippen LogP contribution < -0.4 is 0 Å². The standard InChI is InChI=1S/C28H40N2O4SSi/c1-6-36(7-2,8-3)34-24(21-11-12-23-20(16-21)10-9-15-29-23)18-26(31)30-19-28-14-13-22(27(28,4)5)17-25(28)35(30,32)33/h9-12,15-16,22,24-25H,6-8,13-14,17-19H2,1-5H3/t22?,24-,25+,28?/m1/s1. The predicted octanol–water partition coefficient (Wildman–Crippen LogP) is 6.05. The van der Waals surface area contributed by atoms with Gasteiger partial charge >= 0.3 is 0 Å². The molecule has 196 valence electrons. The molecule has 1 aromatic carbocycles. The summed E-state index contributed by atoms with van der Waals surface area (Å²) in [7, 11) is -5.74. The summed E-state index contributed by atoms with van der Waals surface area (Å²) in [5, 5.41) is 0.568. The van der Waals surface area contributed by atoms with Gasteiger partial charge < -0.3 is 4.43 Å². The van der Waals surface area contributed by atoms with Gasteiger partial charge in [0.15, 0.2) is 8.32 Å². The second kappa shape index (κ2) is 8.91. The van der Waals surface area contributed by atoms with E-state index in [0.717, 1.165) is 47.4 Å². The first-order valence-corrected chi connectivity index (χ1v) is 17.6. The van der Waals surface area contributed by atoms with Crippen LogP contribution in [0.3, 0.4) is 0 Å². The summed E-state index contributed by atoms with van der Waals surface area (Å²) in [4.78, 5) is 18.3. The molecule has 8 heteroatoms. The van der Waals surface area contributed by atoms with E-state index in [1.165, 1.54) is 4.31 Å². The van der Waals surface area contributed by atoms with E-state index in [9.17, 15) is 13.2 Å². The maximum Gasteiger partial charge on any atom is 0.240 e. The highest BCUT2D eigenvalue weighted by molar-refractivity contribution is 7.90. The number of carbonyl (C=O) groups excluding carboxylic acids is 1. The van der Waals surface area contributed by atoms with Gasteiger partial charge in [-0.3, -0.25) is 9.78 Å². The monoisotopic (exact) mass is 528 g/mol. The van der Waals surface area contributed by atoms with E-state index >= 15 is 0 Å². The SMILES string of the molecule is CC[Si](CC)(CC)O[C@H](CC(=O)N1CC23CCC(C[C@@H]2S1(=O)=O)C3(C)C)c1ccc2ncccc2c1. The average molecular weight is 529 g/mol. The molecule has 2 aromatic rings. The molecule has 1 spiro atoms. The molecule has 3 aliphatic rings. The number of benzene rings is 1. The lowest BCUT2D eigenvalue weighted by molar-refractivity contribution is -0.129. The Morgan fingerprint density at radius 3 is 2.56 bits per heavy atom. The van der Waals surface area contributed by atoms with Gasteiger partial charge in [0.05, 0.1) is 23.3 Å². The number of amides is 1. The number of hydrogen-bond donors (Lipinski definition) is 0. The zero-order chi connectivity index (χ0) is 25.9.